The fourth-order valence-corrected chi connectivity index (χ4v) is 4.96. The molecule has 0 aliphatic rings. The summed E-state index contributed by atoms with van der Waals surface area (Å²) in [4.78, 5) is 23.7. The number of hydrogen-bond acceptors (Lipinski definition) is 5. The zero-order valence-electron chi connectivity index (χ0n) is 16.4. The van der Waals surface area contributed by atoms with E-state index < -0.39 is 0 Å². The number of fused-ring (bicyclic) bond motifs is 1. The molecule has 0 saturated heterocycles. The summed E-state index contributed by atoms with van der Waals surface area (Å²) in [6, 6.07) is 18.2. The van der Waals surface area contributed by atoms with Crippen LogP contribution in [0.25, 0.3) is 10.2 Å². The van der Waals surface area contributed by atoms with Gasteiger partial charge in [0.1, 0.15) is 5.01 Å². The van der Waals surface area contributed by atoms with Crippen molar-refractivity contribution in [1.82, 2.24) is 19.4 Å². The molecule has 0 aliphatic heterocycles. The highest BCUT2D eigenvalue weighted by Gasteiger charge is 2.21. The van der Waals surface area contributed by atoms with Gasteiger partial charge in [0.2, 0.25) is 5.91 Å². The van der Waals surface area contributed by atoms with Gasteiger partial charge in [-0.1, -0.05) is 54.2 Å². The van der Waals surface area contributed by atoms with Crippen molar-refractivity contribution in [2.75, 3.05) is 12.8 Å². The fourth-order valence-electron chi connectivity index (χ4n) is 3.01. The van der Waals surface area contributed by atoms with E-state index in [-0.39, 0.29) is 11.9 Å². The van der Waals surface area contributed by atoms with Crippen LogP contribution < -0.4 is 0 Å². The summed E-state index contributed by atoms with van der Waals surface area (Å²) < 4.78 is 3.22. The summed E-state index contributed by atoms with van der Waals surface area (Å²) in [7, 11) is 1.84. The minimum absolute atomic E-state index is 0.0652. The van der Waals surface area contributed by atoms with E-state index in [0.717, 1.165) is 26.9 Å². The van der Waals surface area contributed by atoms with E-state index in [9.17, 15) is 4.79 Å². The average Bonchev–Trinajstić information content (AvgIpc) is 3.38. The van der Waals surface area contributed by atoms with Crippen molar-refractivity contribution >= 4 is 39.2 Å². The highest BCUT2D eigenvalue weighted by molar-refractivity contribution is 7.99. The van der Waals surface area contributed by atoms with Gasteiger partial charge in [-0.3, -0.25) is 4.79 Å². The molecule has 29 heavy (non-hydrogen) atoms. The molecule has 0 spiro atoms. The summed E-state index contributed by atoms with van der Waals surface area (Å²) in [5, 5.41) is 1.81. The molecule has 1 amide bonds. The van der Waals surface area contributed by atoms with Crippen LogP contribution in [0.2, 0.25) is 0 Å². The molecule has 0 bridgehead atoms. The van der Waals surface area contributed by atoms with E-state index in [1.807, 2.05) is 56.6 Å². The molecule has 4 rings (SSSR count). The minimum atomic E-state index is -0.0652. The van der Waals surface area contributed by atoms with Gasteiger partial charge in [-0.15, -0.1) is 11.3 Å². The van der Waals surface area contributed by atoms with Crippen LogP contribution in [-0.2, 0) is 11.3 Å². The number of amides is 1. The maximum absolute atomic E-state index is 12.8. The number of para-hydroxylation sites is 1. The number of nitrogens with zero attached hydrogens (tertiary/aromatic N) is 4. The van der Waals surface area contributed by atoms with Crippen molar-refractivity contribution in [2.24, 2.45) is 0 Å². The first-order valence-electron chi connectivity index (χ1n) is 9.41. The number of carbonyl (C=O) groups excluding carboxylic acids is 1. The predicted molar refractivity (Wildman–Crippen MR) is 119 cm³/mol. The molecular weight excluding hydrogens is 400 g/mol. The number of hydrogen-bond donors (Lipinski definition) is 0. The van der Waals surface area contributed by atoms with Crippen molar-refractivity contribution in [1.29, 1.82) is 0 Å². The van der Waals surface area contributed by atoms with E-state index in [1.54, 1.807) is 22.4 Å². The average molecular weight is 423 g/mol. The van der Waals surface area contributed by atoms with Crippen LogP contribution in [0.5, 0.6) is 0 Å². The van der Waals surface area contributed by atoms with Crippen LogP contribution in [0.15, 0.2) is 72.1 Å². The minimum Gasteiger partial charge on any atom is -0.336 e. The van der Waals surface area contributed by atoms with Gasteiger partial charge in [0.25, 0.3) is 0 Å². The SMILES string of the molecule is CC(c1nc2ccccc2s1)N(C)C(=O)CSc1nccn1Cc1ccccc1. The smallest absolute Gasteiger partial charge is 0.233 e. The first-order chi connectivity index (χ1) is 14.1. The maximum atomic E-state index is 12.8. The number of thiazole rings is 1. The Morgan fingerprint density at radius 2 is 1.93 bits per heavy atom. The van der Waals surface area contributed by atoms with E-state index in [1.165, 1.54) is 17.3 Å². The lowest BCUT2D eigenvalue weighted by atomic mass is 10.2. The second-order valence-corrected chi connectivity index (χ2v) is 8.82. The molecule has 148 valence electrons. The Kier molecular flexibility index (Phi) is 5.97. The van der Waals surface area contributed by atoms with E-state index in [2.05, 4.69) is 32.7 Å². The van der Waals surface area contributed by atoms with E-state index in [4.69, 9.17) is 0 Å². The van der Waals surface area contributed by atoms with Crippen LogP contribution in [-0.4, -0.2) is 38.1 Å². The Morgan fingerprint density at radius 3 is 2.72 bits per heavy atom. The van der Waals surface area contributed by atoms with Gasteiger partial charge in [-0.25, -0.2) is 9.97 Å². The normalized spacial score (nSPS) is 12.2. The molecule has 0 saturated carbocycles. The zero-order valence-corrected chi connectivity index (χ0v) is 18.0. The van der Waals surface area contributed by atoms with Crippen LogP contribution in [0.3, 0.4) is 0 Å². The molecule has 2 aromatic heterocycles. The largest absolute Gasteiger partial charge is 0.336 e. The molecule has 7 heteroatoms. The van der Waals surface area contributed by atoms with Crippen LogP contribution in [0, 0.1) is 0 Å². The maximum Gasteiger partial charge on any atom is 0.233 e. The molecule has 0 N–H and O–H groups in total. The fraction of sp³-hybridized carbons (Fsp3) is 0.227. The lowest BCUT2D eigenvalue weighted by Gasteiger charge is -2.23. The van der Waals surface area contributed by atoms with Gasteiger partial charge in [-0.05, 0) is 24.6 Å². The molecule has 5 nitrogen and oxygen atoms in total. The molecule has 1 unspecified atom stereocenters. The highest BCUT2D eigenvalue weighted by Crippen LogP contribution is 2.29. The summed E-state index contributed by atoms with van der Waals surface area (Å²) in [6.07, 6.45) is 3.73. The van der Waals surface area contributed by atoms with Crippen LogP contribution in [0.1, 0.15) is 23.5 Å². The van der Waals surface area contributed by atoms with Crippen molar-refractivity contribution in [3.63, 3.8) is 0 Å². The summed E-state index contributed by atoms with van der Waals surface area (Å²) >= 11 is 3.11. The topological polar surface area (TPSA) is 51.0 Å². The van der Waals surface area contributed by atoms with Crippen molar-refractivity contribution in [3.05, 3.63) is 77.6 Å². The molecule has 0 radical (unpaired) electrons. The Morgan fingerprint density at radius 1 is 1.17 bits per heavy atom. The molecule has 0 fully saturated rings. The molecule has 0 aliphatic carbocycles. The quantitative estimate of drug-likeness (QED) is 0.399. The van der Waals surface area contributed by atoms with Gasteiger partial charge in [0, 0.05) is 26.0 Å². The number of rotatable bonds is 7. The third-order valence-electron chi connectivity index (χ3n) is 4.84. The van der Waals surface area contributed by atoms with Gasteiger partial charge in [0.05, 0.1) is 22.0 Å². The first kappa shape index (κ1) is 19.7. The van der Waals surface area contributed by atoms with Crippen molar-refractivity contribution in [3.8, 4) is 0 Å². The molecule has 1 atom stereocenters. The molecule has 2 heterocycles. The summed E-state index contributed by atoms with van der Waals surface area (Å²) in [5.74, 6) is 0.411. The number of imidazole rings is 1. The second kappa shape index (κ2) is 8.80. The summed E-state index contributed by atoms with van der Waals surface area (Å²) in [5.41, 5.74) is 2.19. The Balaban J connectivity index is 1.39. The van der Waals surface area contributed by atoms with E-state index in [0.29, 0.717) is 5.75 Å². The zero-order chi connectivity index (χ0) is 20.2. The lowest BCUT2D eigenvalue weighted by molar-refractivity contribution is -0.128. The number of thioether (sulfide) groups is 1. The molecule has 4 aromatic rings. The predicted octanol–water partition coefficient (Wildman–Crippen LogP) is 4.85. The summed E-state index contributed by atoms with van der Waals surface area (Å²) in [6.45, 7) is 2.77. The van der Waals surface area contributed by atoms with Crippen molar-refractivity contribution in [2.45, 2.75) is 24.7 Å². The van der Waals surface area contributed by atoms with Gasteiger partial charge in [0.15, 0.2) is 5.16 Å². The van der Waals surface area contributed by atoms with E-state index >= 15 is 0 Å². The number of carbonyl (C=O) groups is 1. The van der Waals surface area contributed by atoms with Gasteiger partial charge < -0.3 is 9.47 Å². The highest BCUT2D eigenvalue weighted by atomic mass is 32.2. The van der Waals surface area contributed by atoms with Crippen LogP contribution in [0.4, 0.5) is 0 Å². The Hall–Kier alpha value is -2.64. The third kappa shape index (κ3) is 4.52. The Labute approximate surface area is 178 Å². The lowest BCUT2D eigenvalue weighted by Crippen LogP contribution is -2.31. The van der Waals surface area contributed by atoms with Crippen LogP contribution >= 0.6 is 23.1 Å². The second-order valence-electron chi connectivity index (χ2n) is 6.81. The Bertz CT molecular complexity index is 1070. The number of benzene rings is 2. The molecular formula is C22H22N4OS2. The monoisotopic (exact) mass is 422 g/mol. The van der Waals surface area contributed by atoms with Crippen molar-refractivity contribution < 1.29 is 4.79 Å². The third-order valence-corrected chi connectivity index (χ3v) is 7.04. The first-order valence-corrected chi connectivity index (χ1v) is 11.2. The van der Waals surface area contributed by atoms with Gasteiger partial charge in [-0.2, -0.15) is 0 Å². The van der Waals surface area contributed by atoms with Gasteiger partial charge >= 0.3 is 0 Å². The molecule has 2 aromatic carbocycles. The standard InChI is InChI=1S/C22H22N4OS2/c1-16(21-24-18-10-6-7-11-19(18)29-21)25(2)20(27)15-28-22-23-12-13-26(22)14-17-8-4-3-5-9-17/h3-13,16H,14-15H2,1-2H3. The number of aromatic nitrogens is 3.